The number of esters is 1. The molecule has 25 heavy (non-hydrogen) atoms. The number of ether oxygens (including phenoxy) is 3. The Morgan fingerprint density at radius 3 is 2.52 bits per heavy atom. The largest absolute Gasteiger partial charge is 0.466 e. The first-order chi connectivity index (χ1) is 12.1. The minimum Gasteiger partial charge on any atom is -0.466 e. The molecular weight excluding hydrogens is 322 g/mol. The van der Waals surface area contributed by atoms with E-state index in [1.807, 2.05) is 6.92 Å². The molecular formula is C18H33N3O4. The molecule has 0 amide bonds. The molecule has 0 aromatic heterocycles. The van der Waals surface area contributed by atoms with Crippen molar-refractivity contribution in [3.05, 3.63) is 0 Å². The number of nitrogens with zero attached hydrogens (tertiary/aromatic N) is 2. The fourth-order valence-corrected chi connectivity index (χ4v) is 3.40. The zero-order valence-electron chi connectivity index (χ0n) is 15.9. The molecule has 0 atom stereocenters. The second-order valence-electron chi connectivity index (χ2n) is 6.68. The van der Waals surface area contributed by atoms with Gasteiger partial charge < -0.3 is 24.4 Å². The number of piperidine rings is 1. The molecule has 144 valence electrons. The highest BCUT2D eigenvalue weighted by molar-refractivity contribution is 5.80. The third-order valence-electron chi connectivity index (χ3n) is 5.10. The van der Waals surface area contributed by atoms with Crippen LogP contribution in [-0.4, -0.2) is 75.5 Å². The zero-order chi connectivity index (χ0) is 18.1. The highest BCUT2D eigenvalue weighted by Crippen LogP contribution is 2.25. The van der Waals surface area contributed by atoms with Gasteiger partial charge in [-0.15, -0.1) is 0 Å². The maximum absolute atomic E-state index is 11.9. The van der Waals surface area contributed by atoms with Crippen LogP contribution < -0.4 is 5.32 Å². The molecule has 0 unspecified atom stereocenters. The Morgan fingerprint density at radius 1 is 1.28 bits per heavy atom. The lowest BCUT2D eigenvalue weighted by molar-refractivity contribution is -0.149. The molecule has 0 spiro atoms. The molecule has 7 heteroatoms. The zero-order valence-corrected chi connectivity index (χ0v) is 15.9. The van der Waals surface area contributed by atoms with Gasteiger partial charge in [-0.05, 0) is 26.7 Å². The van der Waals surface area contributed by atoms with Gasteiger partial charge in [-0.1, -0.05) is 0 Å². The summed E-state index contributed by atoms with van der Waals surface area (Å²) in [4.78, 5) is 19.0. The van der Waals surface area contributed by atoms with Crippen LogP contribution in [0, 0.1) is 5.92 Å². The van der Waals surface area contributed by atoms with Gasteiger partial charge in [-0.25, -0.2) is 0 Å². The van der Waals surface area contributed by atoms with Gasteiger partial charge in [0.15, 0.2) is 5.96 Å². The van der Waals surface area contributed by atoms with Crippen molar-refractivity contribution in [2.75, 3.05) is 53.1 Å². The number of likely N-dealkylation sites (tertiary alicyclic amines) is 1. The van der Waals surface area contributed by atoms with E-state index in [-0.39, 0.29) is 17.5 Å². The molecule has 0 radical (unpaired) electrons. The first-order valence-electron chi connectivity index (χ1n) is 9.47. The van der Waals surface area contributed by atoms with Gasteiger partial charge in [-0.2, -0.15) is 0 Å². The van der Waals surface area contributed by atoms with Crippen LogP contribution in [0.3, 0.4) is 0 Å². The van der Waals surface area contributed by atoms with Crippen molar-refractivity contribution in [2.45, 2.75) is 45.1 Å². The predicted molar refractivity (Wildman–Crippen MR) is 96.7 cm³/mol. The highest BCUT2D eigenvalue weighted by Gasteiger charge is 2.33. The van der Waals surface area contributed by atoms with E-state index in [9.17, 15) is 4.79 Å². The topological polar surface area (TPSA) is 72.4 Å². The van der Waals surface area contributed by atoms with Crippen LogP contribution in [0.5, 0.6) is 0 Å². The number of rotatable bonds is 6. The van der Waals surface area contributed by atoms with Crippen molar-refractivity contribution in [1.82, 2.24) is 10.2 Å². The normalized spacial score (nSPS) is 21.9. The third kappa shape index (κ3) is 5.57. The van der Waals surface area contributed by atoms with Crippen LogP contribution in [-0.2, 0) is 19.0 Å². The Labute approximate surface area is 151 Å². The number of hydrogen-bond acceptors (Lipinski definition) is 5. The summed E-state index contributed by atoms with van der Waals surface area (Å²) in [5, 5.41) is 3.38. The second kappa shape index (κ2) is 9.97. The predicted octanol–water partition coefficient (Wildman–Crippen LogP) is 1.42. The summed E-state index contributed by atoms with van der Waals surface area (Å²) in [5.74, 6) is 0.859. The SMILES string of the molecule is CCNC(=NCC1(OC)CCOCC1)N1CCC(C(=O)OCC)CC1. The number of aliphatic imine (C=N–C) groups is 1. The molecule has 0 aromatic rings. The second-order valence-corrected chi connectivity index (χ2v) is 6.68. The summed E-state index contributed by atoms with van der Waals surface area (Å²) in [6.07, 6.45) is 3.37. The van der Waals surface area contributed by atoms with E-state index < -0.39 is 0 Å². The van der Waals surface area contributed by atoms with Crippen molar-refractivity contribution in [1.29, 1.82) is 0 Å². The number of nitrogens with one attached hydrogen (secondary N) is 1. The van der Waals surface area contributed by atoms with Crippen molar-refractivity contribution in [3.8, 4) is 0 Å². The molecule has 2 heterocycles. The van der Waals surface area contributed by atoms with Crippen LogP contribution in [0.15, 0.2) is 4.99 Å². The Bertz CT molecular complexity index is 442. The molecule has 2 aliphatic heterocycles. The molecule has 2 aliphatic rings. The fourth-order valence-electron chi connectivity index (χ4n) is 3.40. The van der Waals surface area contributed by atoms with Gasteiger partial charge in [0.05, 0.1) is 24.7 Å². The Balaban J connectivity index is 1.94. The Kier molecular flexibility index (Phi) is 7.96. The number of methoxy groups -OCH3 is 1. The Morgan fingerprint density at radius 2 is 1.96 bits per heavy atom. The lowest BCUT2D eigenvalue weighted by Crippen LogP contribution is -2.48. The van der Waals surface area contributed by atoms with Crippen LogP contribution in [0.25, 0.3) is 0 Å². The minimum absolute atomic E-state index is 0.0138. The third-order valence-corrected chi connectivity index (χ3v) is 5.10. The van der Waals surface area contributed by atoms with Crippen molar-refractivity contribution >= 4 is 11.9 Å². The lowest BCUT2D eigenvalue weighted by Gasteiger charge is -2.36. The number of carbonyl (C=O) groups excluding carboxylic acids is 1. The lowest BCUT2D eigenvalue weighted by atomic mass is 9.94. The summed E-state index contributed by atoms with van der Waals surface area (Å²) in [7, 11) is 1.76. The maximum atomic E-state index is 11.9. The molecule has 0 aromatic carbocycles. The standard InChI is InChI=1S/C18H33N3O4/c1-4-19-17(20-14-18(23-3)8-12-24-13-9-18)21-10-6-15(7-11-21)16(22)25-5-2/h15H,4-14H2,1-3H3,(H,19,20). The van der Waals surface area contributed by atoms with Gasteiger partial charge in [0.2, 0.25) is 0 Å². The molecule has 0 saturated carbocycles. The summed E-state index contributed by atoms with van der Waals surface area (Å²) in [6.45, 7) is 8.91. The van der Waals surface area contributed by atoms with E-state index in [0.717, 1.165) is 64.5 Å². The van der Waals surface area contributed by atoms with Gasteiger partial charge in [0, 0.05) is 52.8 Å². The summed E-state index contributed by atoms with van der Waals surface area (Å²) >= 11 is 0. The van der Waals surface area contributed by atoms with Crippen LogP contribution >= 0.6 is 0 Å². The monoisotopic (exact) mass is 355 g/mol. The molecule has 0 aliphatic carbocycles. The summed E-state index contributed by atoms with van der Waals surface area (Å²) in [5.41, 5.74) is -0.220. The van der Waals surface area contributed by atoms with Crippen molar-refractivity contribution < 1.29 is 19.0 Å². The Hall–Kier alpha value is -1.34. The van der Waals surface area contributed by atoms with E-state index in [1.165, 1.54) is 0 Å². The minimum atomic E-state index is -0.220. The fraction of sp³-hybridized carbons (Fsp3) is 0.889. The molecule has 2 rings (SSSR count). The average molecular weight is 355 g/mol. The van der Waals surface area contributed by atoms with Crippen LogP contribution in [0.1, 0.15) is 39.5 Å². The van der Waals surface area contributed by atoms with Gasteiger partial charge in [0.1, 0.15) is 0 Å². The van der Waals surface area contributed by atoms with E-state index in [2.05, 4.69) is 17.1 Å². The van der Waals surface area contributed by atoms with E-state index >= 15 is 0 Å². The van der Waals surface area contributed by atoms with Crippen molar-refractivity contribution in [3.63, 3.8) is 0 Å². The van der Waals surface area contributed by atoms with Gasteiger partial charge in [-0.3, -0.25) is 9.79 Å². The number of guanidine groups is 1. The molecule has 7 nitrogen and oxygen atoms in total. The van der Waals surface area contributed by atoms with Crippen LogP contribution in [0.4, 0.5) is 0 Å². The maximum Gasteiger partial charge on any atom is 0.309 e. The van der Waals surface area contributed by atoms with E-state index in [0.29, 0.717) is 13.2 Å². The van der Waals surface area contributed by atoms with Gasteiger partial charge in [0.25, 0.3) is 0 Å². The molecule has 1 N–H and O–H groups in total. The van der Waals surface area contributed by atoms with Gasteiger partial charge >= 0.3 is 5.97 Å². The molecule has 2 saturated heterocycles. The average Bonchev–Trinajstić information content (AvgIpc) is 2.66. The van der Waals surface area contributed by atoms with Crippen LogP contribution in [0.2, 0.25) is 0 Å². The van der Waals surface area contributed by atoms with Crippen molar-refractivity contribution in [2.24, 2.45) is 10.9 Å². The van der Waals surface area contributed by atoms with E-state index in [1.54, 1.807) is 7.11 Å². The molecule has 2 fully saturated rings. The number of hydrogen-bond donors (Lipinski definition) is 1. The summed E-state index contributed by atoms with van der Waals surface area (Å²) in [6, 6.07) is 0. The first-order valence-corrected chi connectivity index (χ1v) is 9.47. The number of carbonyl (C=O) groups is 1. The van der Waals surface area contributed by atoms with E-state index in [4.69, 9.17) is 19.2 Å². The first kappa shape index (κ1) is 20.0. The summed E-state index contributed by atoms with van der Waals surface area (Å²) < 4.78 is 16.4. The highest BCUT2D eigenvalue weighted by atomic mass is 16.5. The smallest absolute Gasteiger partial charge is 0.309 e. The quantitative estimate of drug-likeness (QED) is 0.441. The molecule has 0 bridgehead atoms.